The van der Waals surface area contributed by atoms with Crippen molar-refractivity contribution >= 4 is 27.5 Å². The number of amides is 1. The third kappa shape index (κ3) is 3.61. The summed E-state index contributed by atoms with van der Waals surface area (Å²) in [5, 5.41) is 3.17. The van der Waals surface area contributed by atoms with Crippen molar-refractivity contribution < 1.29 is 13.2 Å². The molecule has 2 rings (SSSR count). The zero-order valence-corrected chi connectivity index (χ0v) is 13.5. The number of rotatable bonds is 4. The molecule has 0 spiro atoms. The van der Waals surface area contributed by atoms with E-state index in [-0.39, 0.29) is 17.3 Å². The Hall–Kier alpha value is -1.55. The van der Waals surface area contributed by atoms with Crippen LogP contribution in [0.3, 0.4) is 0 Å². The van der Waals surface area contributed by atoms with Crippen molar-refractivity contribution in [1.82, 2.24) is 9.62 Å². The molecule has 0 saturated carbocycles. The normalized spacial score (nSPS) is 19.3. The van der Waals surface area contributed by atoms with Gasteiger partial charge in [0.15, 0.2) is 0 Å². The first-order valence-electron chi connectivity index (χ1n) is 6.95. The summed E-state index contributed by atoms with van der Waals surface area (Å²) in [4.78, 5) is 12.2. The van der Waals surface area contributed by atoms with E-state index in [9.17, 15) is 13.2 Å². The van der Waals surface area contributed by atoms with Gasteiger partial charge in [0.05, 0.1) is 11.4 Å². The fraction of sp³-hybridized carbons (Fsp3) is 0.400. The highest BCUT2D eigenvalue weighted by Gasteiger charge is 2.35. The van der Waals surface area contributed by atoms with Crippen LogP contribution >= 0.6 is 11.6 Å². The minimum atomic E-state index is -3.86. The maximum atomic E-state index is 12.8. The summed E-state index contributed by atoms with van der Waals surface area (Å²) in [5.74, 6) is 2.03. The number of sulfonamides is 1. The topological polar surface area (TPSA) is 66.5 Å². The van der Waals surface area contributed by atoms with Gasteiger partial charge in [-0.15, -0.1) is 6.42 Å². The van der Waals surface area contributed by atoms with Gasteiger partial charge in [0, 0.05) is 11.6 Å². The number of hydrogen-bond donors (Lipinski definition) is 1. The van der Waals surface area contributed by atoms with Crippen LogP contribution in [-0.4, -0.2) is 37.8 Å². The van der Waals surface area contributed by atoms with Crippen molar-refractivity contribution in [3.8, 4) is 12.3 Å². The van der Waals surface area contributed by atoms with E-state index in [1.807, 2.05) is 0 Å². The highest BCUT2D eigenvalue weighted by molar-refractivity contribution is 7.89. The molecule has 1 atom stereocenters. The van der Waals surface area contributed by atoms with Gasteiger partial charge >= 0.3 is 0 Å². The number of carbonyl (C=O) groups excluding carboxylic acids is 1. The van der Waals surface area contributed by atoms with E-state index >= 15 is 0 Å². The lowest BCUT2D eigenvalue weighted by molar-refractivity contribution is -0.124. The molecule has 1 aromatic rings. The third-order valence-electron chi connectivity index (χ3n) is 3.52. The largest absolute Gasteiger partial charge is 0.355 e. The Morgan fingerprint density at radius 2 is 2.00 bits per heavy atom. The molecule has 1 amide bonds. The standard InChI is InChI=1S/C15H17ClN2O3S/c1-2-11-18(14-5-3-4-10-17-15(14)19)22(20,21)13-8-6-12(16)7-9-13/h1,6-9,14H,3-5,10-11H2,(H,17,19)/t14-/m1/s1. The lowest BCUT2D eigenvalue weighted by Gasteiger charge is -2.27. The molecule has 0 aliphatic carbocycles. The Bertz CT molecular complexity index is 680. The molecular weight excluding hydrogens is 324 g/mol. The van der Waals surface area contributed by atoms with E-state index in [2.05, 4.69) is 11.2 Å². The summed E-state index contributed by atoms with van der Waals surface area (Å²) in [5.41, 5.74) is 0. The highest BCUT2D eigenvalue weighted by Crippen LogP contribution is 2.23. The molecule has 0 radical (unpaired) electrons. The molecule has 1 fully saturated rings. The highest BCUT2D eigenvalue weighted by atomic mass is 35.5. The second-order valence-corrected chi connectivity index (χ2v) is 7.34. The predicted octanol–water partition coefficient (Wildman–Crippen LogP) is 1.63. The van der Waals surface area contributed by atoms with Gasteiger partial charge in [-0.3, -0.25) is 4.79 Å². The van der Waals surface area contributed by atoms with Crippen molar-refractivity contribution in [2.24, 2.45) is 0 Å². The zero-order valence-electron chi connectivity index (χ0n) is 12.0. The number of hydrogen-bond acceptors (Lipinski definition) is 3. The molecule has 0 aromatic heterocycles. The Kier molecular flexibility index (Phi) is 5.46. The van der Waals surface area contributed by atoms with E-state index in [0.29, 0.717) is 18.0 Å². The summed E-state index contributed by atoms with van der Waals surface area (Å²) in [7, 11) is -3.86. The predicted molar refractivity (Wildman–Crippen MR) is 84.8 cm³/mol. The van der Waals surface area contributed by atoms with Gasteiger partial charge in [-0.25, -0.2) is 8.42 Å². The van der Waals surface area contributed by atoms with Crippen molar-refractivity contribution in [2.45, 2.75) is 30.2 Å². The second-order valence-electron chi connectivity index (χ2n) is 5.01. The first kappa shape index (κ1) is 16.8. The Labute approximate surface area is 135 Å². The second kappa shape index (κ2) is 7.14. The maximum absolute atomic E-state index is 12.8. The van der Waals surface area contributed by atoms with Crippen molar-refractivity contribution in [3.63, 3.8) is 0 Å². The van der Waals surface area contributed by atoms with Crippen LogP contribution < -0.4 is 5.32 Å². The van der Waals surface area contributed by atoms with Crippen molar-refractivity contribution in [2.75, 3.05) is 13.1 Å². The Morgan fingerprint density at radius 1 is 1.32 bits per heavy atom. The minimum absolute atomic E-state index is 0.0733. The number of carbonyl (C=O) groups is 1. The molecule has 5 nitrogen and oxygen atoms in total. The van der Waals surface area contributed by atoms with E-state index in [1.165, 1.54) is 24.3 Å². The number of halogens is 1. The Balaban J connectivity index is 2.39. The fourth-order valence-electron chi connectivity index (χ4n) is 2.39. The maximum Gasteiger partial charge on any atom is 0.244 e. The van der Waals surface area contributed by atoms with Crippen LogP contribution in [0.2, 0.25) is 5.02 Å². The van der Waals surface area contributed by atoms with Crippen LogP contribution in [0.25, 0.3) is 0 Å². The van der Waals surface area contributed by atoms with Crippen molar-refractivity contribution in [1.29, 1.82) is 0 Å². The molecule has 118 valence electrons. The molecule has 1 aliphatic heterocycles. The monoisotopic (exact) mass is 340 g/mol. The molecule has 1 N–H and O–H groups in total. The van der Waals surface area contributed by atoms with Gasteiger partial charge in [0.25, 0.3) is 0 Å². The number of terminal acetylenes is 1. The van der Waals surface area contributed by atoms with Crippen LogP contribution in [0.5, 0.6) is 0 Å². The van der Waals surface area contributed by atoms with Crippen LogP contribution in [0, 0.1) is 12.3 Å². The quantitative estimate of drug-likeness (QED) is 0.847. The smallest absolute Gasteiger partial charge is 0.244 e. The van der Waals surface area contributed by atoms with Gasteiger partial charge in [-0.1, -0.05) is 17.5 Å². The first-order chi connectivity index (χ1) is 10.5. The lowest BCUT2D eigenvalue weighted by atomic mass is 10.1. The van der Waals surface area contributed by atoms with Crippen LogP contribution in [-0.2, 0) is 14.8 Å². The van der Waals surface area contributed by atoms with Crippen LogP contribution in [0.4, 0.5) is 0 Å². The number of benzene rings is 1. The van der Waals surface area contributed by atoms with Crippen LogP contribution in [0.15, 0.2) is 29.2 Å². The van der Waals surface area contributed by atoms with Gasteiger partial charge in [-0.05, 0) is 43.5 Å². The molecule has 7 heteroatoms. The molecule has 0 unspecified atom stereocenters. The minimum Gasteiger partial charge on any atom is -0.355 e. The van der Waals surface area contributed by atoms with Crippen molar-refractivity contribution in [3.05, 3.63) is 29.3 Å². The summed E-state index contributed by atoms with van der Waals surface area (Å²) in [6.07, 6.45) is 7.36. The first-order valence-corrected chi connectivity index (χ1v) is 8.77. The van der Waals surface area contributed by atoms with E-state index in [1.54, 1.807) is 0 Å². The van der Waals surface area contributed by atoms with E-state index < -0.39 is 16.1 Å². The average Bonchev–Trinajstić information content (AvgIpc) is 2.70. The zero-order chi connectivity index (χ0) is 16.2. The Morgan fingerprint density at radius 3 is 2.64 bits per heavy atom. The fourth-order valence-corrected chi connectivity index (χ4v) is 4.05. The molecule has 1 heterocycles. The average molecular weight is 341 g/mol. The summed E-state index contributed by atoms with van der Waals surface area (Å²) >= 11 is 5.79. The molecule has 1 saturated heterocycles. The van der Waals surface area contributed by atoms with Gasteiger partial charge in [0.2, 0.25) is 15.9 Å². The van der Waals surface area contributed by atoms with Gasteiger partial charge in [0.1, 0.15) is 6.04 Å². The van der Waals surface area contributed by atoms with E-state index in [4.69, 9.17) is 18.0 Å². The third-order valence-corrected chi connectivity index (χ3v) is 5.64. The molecule has 0 bridgehead atoms. The summed E-state index contributed by atoms with van der Waals surface area (Å²) in [6, 6.07) is 5.04. The number of nitrogens with one attached hydrogen (secondary N) is 1. The van der Waals surface area contributed by atoms with Gasteiger partial charge in [-0.2, -0.15) is 4.31 Å². The lowest BCUT2D eigenvalue weighted by Crippen LogP contribution is -2.48. The van der Waals surface area contributed by atoms with Gasteiger partial charge < -0.3 is 5.32 Å². The molecule has 1 aliphatic rings. The number of nitrogens with zero attached hydrogens (tertiary/aromatic N) is 1. The molecule has 1 aromatic carbocycles. The SMILES string of the molecule is C#CCN([C@@H]1CCCCNC1=O)S(=O)(=O)c1ccc(Cl)cc1. The molecule has 22 heavy (non-hydrogen) atoms. The molecular formula is C15H17ClN2O3S. The van der Waals surface area contributed by atoms with Crippen LogP contribution in [0.1, 0.15) is 19.3 Å². The summed E-state index contributed by atoms with van der Waals surface area (Å²) < 4.78 is 26.7. The summed E-state index contributed by atoms with van der Waals surface area (Å²) in [6.45, 7) is 0.406. The van der Waals surface area contributed by atoms with E-state index in [0.717, 1.165) is 17.1 Å².